The molecule has 1 saturated heterocycles. The number of nitrogens with zero attached hydrogens (tertiary/aromatic N) is 3. The van der Waals surface area contributed by atoms with Crippen molar-refractivity contribution in [1.82, 2.24) is 14.9 Å². The summed E-state index contributed by atoms with van der Waals surface area (Å²) in [6.07, 6.45) is 3.86. The monoisotopic (exact) mass is 426 g/mol. The van der Waals surface area contributed by atoms with Gasteiger partial charge in [0, 0.05) is 23.8 Å². The number of anilines is 1. The zero-order chi connectivity index (χ0) is 21.4. The number of phenolic OH excluding ortho intramolecular Hbond substituents is 1. The van der Waals surface area contributed by atoms with Gasteiger partial charge in [-0.15, -0.1) is 0 Å². The van der Waals surface area contributed by atoms with Crippen LogP contribution in [0.25, 0.3) is 5.69 Å². The summed E-state index contributed by atoms with van der Waals surface area (Å²) >= 11 is 5.76. The molecule has 1 aliphatic heterocycles. The topological polar surface area (TPSA) is 53.3 Å². The van der Waals surface area contributed by atoms with Gasteiger partial charge in [0.1, 0.15) is 11.8 Å². The van der Waals surface area contributed by atoms with Crippen LogP contribution in [-0.4, -0.2) is 19.8 Å². The second-order valence-corrected chi connectivity index (χ2v) is 7.96. The largest absolute Gasteiger partial charge is 0.506 e. The molecule has 31 heavy (non-hydrogen) atoms. The van der Waals surface area contributed by atoms with Crippen LogP contribution in [0, 0.1) is 6.92 Å². The second-order valence-electron chi connectivity index (χ2n) is 7.57. The summed E-state index contributed by atoms with van der Waals surface area (Å²) in [5, 5.41) is 14.6. The van der Waals surface area contributed by atoms with E-state index in [4.69, 9.17) is 12.2 Å². The fourth-order valence-corrected chi connectivity index (χ4v) is 4.61. The van der Waals surface area contributed by atoms with E-state index in [0.29, 0.717) is 10.8 Å². The van der Waals surface area contributed by atoms with Gasteiger partial charge in [-0.25, -0.2) is 0 Å². The van der Waals surface area contributed by atoms with Gasteiger partial charge >= 0.3 is 0 Å². The molecule has 2 N–H and O–H groups in total. The number of rotatable bonds is 4. The number of para-hydroxylation sites is 3. The van der Waals surface area contributed by atoms with E-state index in [1.165, 1.54) is 5.56 Å². The van der Waals surface area contributed by atoms with Crippen LogP contribution in [0.2, 0.25) is 0 Å². The molecule has 2 aromatic carbocycles. The minimum atomic E-state index is -0.203. The van der Waals surface area contributed by atoms with Gasteiger partial charge in [-0.05, 0) is 67.2 Å². The van der Waals surface area contributed by atoms with Crippen molar-refractivity contribution >= 4 is 23.0 Å². The summed E-state index contributed by atoms with van der Waals surface area (Å²) in [4.78, 5) is 6.60. The van der Waals surface area contributed by atoms with E-state index in [9.17, 15) is 5.11 Å². The average Bonchev–Trinajstić information content (AvgIpc) is 3.39. The number of benzene rings is 2. The molecule has 3 heterocycles. The number of aromatic nitrogens is 2. The van der Waals surface area contributed by atoms with Crippen LogP contribution in [0.5, 0.6) is 5.75 Å². The van der Waals surface area contributed by atoms with Gasteiger partial charge in [-0.1, -0.05) is 36.4 Å². The predicted molar refractivity (Wildman–Crippen MR) is 127 cm³/mol. The van der Waals surface area contributed by atoms with Gasteiger partial charge in [0.25, 0.3) is 0 Å². The zero-order valence-electron chi connectivity index (χ0n) is 17.0. The third-order valence-corrected chi connectivity index (χ3v) is 6.01. The van der Waals surface area contributed by atoms with E-state index < -0.39 is 0 Å². The molecule has 0 spiro atoms. The van der Waals surface area contributed by atoms with Crippen LogP contribution in [-0.2, 0) is 0 Å². The molecule has 0 saturated carbocycles. The van der Waals surface area contributed by atoms with E-state index in [-0.39, 0.29) is 17.8 Å². The van der Waals surface area contributed by atoms with Crippen LogP contribution < -0.4 is 10.2 Å². The summed E-state index contributed by atoms with van der Waals surface area (Å²) in [5.41, 5.74) is 4.90. The van der Waals surface area contributed by atoms with Crippen molar-refractivity contribution in [2.24, 2.45) is 0 Å². The lowest BCUT2D eigenvalue weighted by Crippen LogP contribution is -2.30. The first kappa shape index (κ1) is 19.3. The summed E-state index contributed by atoms with van der Waals surface area (Å²) in [6.45, 7) is 2.10. The molecular formula is C25H22N4OS. The number of hydrogen-bond donors (Lipinski definition) is 2. The Bertz CT molecular complexity index is 1240. The quantitative estimate of drug-likeness (QED) is 0.447. The van der Waals surface area contributed by atoms with Crippen molar-refractivity contribution in [3.8, 4) is 11.4 Å². The highest BCUT2D eigenvalue weighted by atomic mass is 32.1. The van der Waals surface area contributed by atoms with Gasteiger partial charge in [-0.3, -0.25) is 4.98 Å². The Morgan fingerprint density at radius 3 is 2.39 bits per heavy atom. The molecule has 2 aromatic heterocycles. The first-order valence-corrected chi connectivity index (χ1v) is 10.6. The van der Waals surface area contributed by atoms with Crippen molar-refractivity contribution < 1.29 is 5.11 Å². The molecule has 5 nitrogen and oxygen atoms in total. The fourth-order valence-electron chi connectivity index (χ4n) is 4.27. The molecule has 0 amide bonds. The molecule has 4 aromatic rings. The fraction of sp³-hybridized carbons (Fsp3) is 0.120. The minimum Gasteiger partial charge on any atom is -0.506 e. The molecule has 0 aliphatic carbocycles. The summed E-state index contributed by atoms with van der Waals surface area (Å²) in [6, 6.07) is 25.2. The number of phenols is 1. The number of pyridine rings is 1. The third kappa shape index (κ3) is 3.35. The van der Waals surface area contributed by atoms with Gasteiger partial charge in [0.05, 0.1) is 17.4 Å². The highest BCUT2D eigenvalue weighted by Gasteiger charge is 2.43. The Morgan fingerprint density at radius 1 is 0.903 bits per heavy atom. The van der Waals surface area contributed by atoms with Crippen LogP contribution in [0.3, 0.4) is 0 Å². The van der Waals surface area contributed by atoms with Gasteiger partial charge in [0.15, 0.2) is 5.11 Å². The minimum absolute atomic E-state index is 0.175. The van der Waals surface area contributed by atoms with Crippen molar-refractivity contribution in [1.29, 1.82) is 0 Å². The molecule has 5 rings (SSSR count). The third-order valence-electron chi connectivity index (χ3n) is 5.70. The van der Waals surface area contributed by atoms with Crippen LogP contribution >= 0.6 is 12.2 Å². The maximum absolute atomic E-state index is 10.6. The number of aryl methyl sites for hydroxylation is 1. The lowest BCUT2D eigenvalue weighted by Gasteiger charge is -2.29. The molecule has 154 valence electrons. The summed E-state index contributed by atoms with van der Waals surface area (Å²) in [5.74, 6) is 0.187. The molecular weight excluding hydrogens is 404 g/mol. The number of thiocarbonyl (C=S) groups is 1. The predicted octanol–water partition coefficient (Wildman–Crippen LogP) is 5.06. The van der Waals surface area contributed by atoms with Crippen molar-refractivity contribution in [2.75, 3.05) is 4.90 Å². The SMILES string of the molecule is Cc1ccccc1-n1cccc1[C@@H]1[C@H](c2ccccn2)NC(=S)N1c1ccccc1O. The second kappa shape index (κ2) is 7.89. The molecule has 1 aliphatic rings. The molecule has 0 bridgehead atoms. The first-order chi connectivity index (χ1) is 15.1. The lowest BCUT2D eigenvalue weighted by molar-refractivity contribution is 0.472. The lowest BCUT2D eigenvalue weighted by atomic mass is 10.0. The van der Waals surface area contributed by atoms with E-state index >= 15 is 0 Å². The van der Waals surface area contributed by atoms with Crippen molar-refractivity contribution in [2.45, 2.75) is 19.0 Å². The number of nitrogens with one attached hydrogen (secondary N) is 1. The van der Waals surface area contributed by atoms with Gasteiger partial charge < -0.3 is 19.9 Å². The summed E-state index contributed by atoms with van der Waals surface area (Å²) in [7, 11) is 0. The molecule has 0 unspecified atom stereocenters. The highest BCUT2D eigenvalue weighted by Crippen LogP contribution is 2.44. The smallest absolute Gasteiger partial charge is 0.174 e. The van der Waals surface area contributed by atoms with Crippen molar-refractivity contribution in [3.63, 3.8) is 0 Å². The molecule has 6 heteroatoms. The Labute approximate surface area is 186 Å². The Balaban J connectivity index is 1.71. The highest BCUT2D eigenvalue weighted by molar-refractivity contribution is 7.80. The average molecular weight is 427 g/mol. The van der Waals surface area contributed by atoms with Crippen molar-refractivity contribution in [3.05, 3.63) is 108 Å². The molecule has 1 fully saturated rings. The number of aromatic hydroxyl groups is 1. The van der Waals surface area contributed by atoms with E-state index in [1.807, 2.05) is 59.5 Å². The standard InChI is InChI=1S/C25H22N4OS/c1-17-9-2-3-11-19(17)28-16-8-13-21(28)24-23(18-10-6-7-15-26-18)27-25(31)29(24)20-12-4-5-14-22(20)30/h2-16,23-24,30H,1H3,(H,27,31)/t23-,24+/m0/s1. The van der Waals surface area contributed by atoms with Gasteiger partial charge in [0.2, 0.25) is 0 Å². The number of hydrogen-bond acceptors (Lipinski definition) is 3. The van der Waals surface area contributed by atoms with E-state index in [1.54, 1.807) is 12.3 Å². The Hall–Kier alpha value is -3.64. The van der Waals surface area contributed by atoms with E-state index in [2.05, 4.69) is 46.2 Å². The zero-order valence-corrected chi connectivity index (χ0v) is 17.8. The van der Waals surface area contributed by atoms with Crippen LogP contribution in [0.1, 0.15) is 29.0 Å². The normalized spacial score (nSPS) is 18.2. The molecule has 2 atom stereocenters. The maximum atomic E-state index is 10.6. The van der Waals surface area contributed by atoms with Gasteiger partial charge in [-0.2, -0.15) is 0 Å². The maximum Gasteiger partial charge on any atom is 0.174 e. The van der Waals surface area contributed by atoms with Crippen LogP contribution in [0.15, 0.2) is 91.3 Å². The Morgan fingerprint density at radius 2 is 1.65 bits per heavy atom. The summed E-state index contributed by atoms with van der Waals surface area (Å²) < 4.78 is 2.19. The Kier molecular flexibility index (Phi) is 4.92. The first-order valence-electron chi connectivity index (χ1n) is 10.2. The molecule has 0 radical (unpaired) electrons. The van der Waals surface area contributed by atoms with E-state index in [0.717, 1.165) is 17.1 Å². The van der Waals surface area contributed by atoms with Crippen LogP contribution in [0.4, 0.5) is 5.69 Å².